The summed E-state index contributed by atoms with van der Waals surface area (Å²) in [5, 5.41) is 10.7. The van der Waals surface area contributed by atoms with E-state index < -0.39 is 5.91 Å². The van der Waals surface area contributed by atoms with Crippen LogP contribution >= 0.6 is 11.6 Å². The molecule has 0 aliphatic heterocycles. The van der Waals surface area contributed by atoms with Crippen molar-refractivity contribution in [2.45, 2.75) is 13.0 Å². The predicted molar refractivity (Wildman–Crippen MR) is 86.5 cm³/mol. The van der Waals surface area contributed by atoms with Crippen LogP contribution in [0.2, 0.25) is 5.15 Å². The van der Waals surface area contributed by atoms with Crippen LogP contribution in [-0.2, 0) is 0 Å². The molecule has 1 unspecified atom stereocenters. The Kier molecular flexibility index (Phi) is 3.75. The molecule has 8 nitrogen and oxygen atoms in total. The standard InChI is InChI=1S/C14H13ClN6O2/c1-6(7-2-3-9-10(4-7)19-14(23)18-9)17-13-8(12(16)22)5-11(15)20-21-13/h2-6H,1H3,(H2,16,22)(H,17,21)(H2,18,19,23). The molecule has 1 aromatic carbocycles. The van der Waals surface area contributed by atoms with Crippen LogP contribution in [0.5, 0.6) is 0 Å². The molecule has 0 radical (unpaired) electrons. The lowest BCUT2D eigenvalue weighted by molar-refractivity contribution is 0.100. The molecule has 3 aromatic rings. The second-order valence-electron chi connectivity index (χ2n) is 5.04. The molecular weight excluding hydrogens is 320 g/mol. The molecule has 0 fully saturated rings. The number of amides is 1. The first-order valence-corrected chi connectivity index (χ1v) is 7.13. The molecule has 0 saturated carbocycles. The van der Waals surface area contributed by atoms with E-state index in [1.54, 1.807) is 6.07 Å². The number of benzene rings is 1. The van der Waals surface area contributed by atoms with Gasteiger partial charge in [-0.25, -0.2) is 4.79 Å². The maximum absolute atomic E-state index is 11.5. The number of nitrogens with zero attached hydrogens (tertiary/aromatic N) is 2. The van der Waals surface area contributed by atoms with Gasteiger partial charge in [0.25, 0.3) is 5.91 Å². The van der Waals surface area contributed by atoms with E-state index in [1.807, 2.05) is 19.1 Å². The third-order valence-electron chi connectivity index (χ3n) is 3.42. The summed E-state index contributed by atoms with van der Waals surface area (Å²) in [5.41, 5.74) is 7.52. The lowest BCUT2D eigenvalue weighted by atomic mass is 10.1. The van der Waals surface area contributed by atoms with Crippen LogP contribution in [0.1, 0.15) is 28.9 Å². The second kappa shape index (κ2) is 5.73. The van der Waals surface area contributed by atoms with Crippen LogP contribution in [-0.4, -0.2) is 26.1 Å². The minimum absolute atomic E-state index is 0.0864. The molecule has 0 aliphatic rings. The van der Waals surface area contributed by atoms with Crippen molar-refractivity contribution in [1.82, 2.24) is 20.2 Å². The van der Waals surface area contributed by atoms with Crippen molar-refractivity contribution in [3.8, 4) is 0 Å². The molecule has 118 valence electrons. The summed E-state index contributed by atoms with van der Waals surface area (Å²) in [6.07, 6.45) is 0. The molecule has 2 heterocycles. The Balaban J connectivity index is 1.92. The van der Waals surface area contributed by atoms with Crippen LogP contribution in [0.25, 0.3) is 11.0 Å². The fraction of sp³-hybridized carbons (Fsp3) is 0.143. The number of halogens is 1. The van der Waals surface area contributed by atoms with E-state index in [1.165, 1.54) is 6.07 Å². The number of hydrogen-bond acceptors (Lipinski definition) is 5. The van der Waals surface area contributed by atoms with Gasteiger partial charge in [0.2, 0.25) is 0 Å². The highest BCUT2D eigenvalue weighted by molar-refractivity contribution is 6.29. The number of aromatic nitrogens is 4. The summed E-state index contributed by atoms with van der Waals surface area (Å²) in [4.78, 5) is 28.2. The fourth-order valence-electron chi connectivity index (χ4n) is 2.27. The van der Waals surface area contributed by atoms with Gasteiger partial charge in [-0.15, -0.1) is 10.2 Å². The fourth-order valence-corrected chi connectivity index (χ4v) is 2.42. The number of aromatic amines is 2. The minimum atomic E-state index is -0.651. The molecule has 1 atom stereocenters. The van der Waals surface area contributed by atoms with Crippen molar-refractivity contribution in [1.29, 1.82) is 0 Å². The smallest absolute Gasteiger partial charge is 0.323 e. The van der Waals surface area contributed by atoms with Crippen molar-refractivity contribution in [2.24, 2.45) is 5.73 Å². The Labute approximate surface area is 135 Å². The summed E-state index contributed by atoms with van der Waals surface area (Å²) >= 11 is 5.74. The quantitative estimate of drug-likeness (QED) is 0.576. The topological polar surface area (TPSA) is 130 Å². The van der Waals surface area contributed by atoms with E-state index in [0.29, 0.717) is 5.52 Å². The maximum atomic E-state index is 11.5. The number of nitrogens with one attached hydrogen (secondary N) is 3. The lowest BCUT2D eigenvalue weighted by Crippen LogP contribution is -2.18. The predicted octanol–water partition coefficient (Wildman–Crippen LogP) is 1.57. The van der Waals surface area contributed by atoms with Gasteiger partial charge in [0, 0.05) is 0 Å². The van der Waals surface area contributed by atoms with Gasteiger partial charge in [0.05, 0.1) is 22.6 Å². The number of rotatable bonds is 4. The molecule has 0 saturated heterocycles. The van der Waals surface area contributed by atoms with Gasteiger partial charge < -0.3 is 21.0 Å². The van der Waals surface area contributed by atoms with E-state index >= 15 is 0 Å². The average Bonchev–Trinajstić information content (AvgIpc) is 2.87. The number of hydrogen-bond donors (Lipinski definition) is 4. The Bertz CT molecular complexity index is 948. The minimum Gasteiger partial charge on any atom is -0.365 e. The molecule has 0 spiro atoms. The molecule has 2 aromatic heterocycles. The number of primary amides is 1. The van der Waals surface area contributed by atoms with E-state index in [9.17, 15) is 9.59 Å². The number of carbonyl (C=O) groups is 1. The van der Waals surface area contributed by atoms with Gasteiger partial charge >= 0.3 is 5.69 Å². The number of H-pyrrole nitrogens is 2. The first-order valence-electron chi connectivity index (χ1n) is 6.75. The van der Waals surface area contributed by atoms with E-state index in [2.05, 4.69) is 25.5 Å². The third kappa shape index (κ3) is 3.02. The van der Waals surface area contributed by atoms with Crippen LogP contribution in [0.15, 0.2) is 29.1 Å². The highest BCUT2D eigenvalue weighted by Crippen LogP contribution is 2.23. The summed E-state index contributed by atoms with van der Waals surface area (Å²) in [7, 11) is 0. The molecule has 23 heavy (non-hydrogen) atoms. The molecule has 1 amide bonds. The number of carbonyl (C=O) groups excluding carboxylic acids is 1. The van der Waals surface area contributed by atoms with Crippen molar-refractivity contribution in [2.75, 3.05) is 5.32 Å². The van der Waals surface area contributed by atoms with Gasteiger partial charge in [-0.3, -0.25) is 4.79 Å². The zero-order chi connectivity index (χ0) is 16.6. The van der Waals surface area contributed by atoms with Crippen LogP contribution < -0.4 is 16.7 Å². The Morgan fingerprint density at radius 2 is 2.00 bits per heavy atom. The number of fused-ring (bicyclic) bond motifs is 1. The Hall–Kier alpha value is -2.87. The van der Waals surface area contributed by atoms with E-state index in [4.69, 9.17) is 17.3 Å². The maximum Gasteiger partial charge on any atom is 0.323 e. The van der Waals surface area contributed by atoms with Gasteiger partial charge in [0.15, 0.2) is 11.0 Å². The summed E-state index contributed by atoms with van der Waals surface area (Å²) < 4.78 is 0. The van der Waals surface area contributed by atoms with Crippen molar-refractivity contribution >= 4 is 34.4 Å². The van der Waals surface area contributed by atoms with Gasteiger partial charge in [-0.2, -0.15) is 0 Å². The highest BCUT2D eigenvalue weighted by Gasteiger charge is 2.15. The van der Waals surface area contributed by atoms with Gasteiger partial charge in [-0.05, 0) is 30.7 Å². The summed E-state index contributed by atoms with van der Waals surface area (Å²) in [6.45, 7) is 1.88. The zero-order valence-electron chi connectivity index (χ0n) is 12.1. The number of anilines is 1. The lowest BCUT2D eigenvalue weighted by Gasteiger charge is -2.16. The third-order valence-corrected chi connectivity index (χ3v) is 3.61. The Morgan fingerprint density at radius 3 is 2.74 bits per heavy atom. The van der Waals surface area contributed by atoms with Crippen LogP contribution in [0, 0.1) is 0 Å². The normalized spacial score (nSPS) is 12.3. The zero-order valence-corrected chi connectivity index (χ0v) is 12.8. The van der Waals surface area contributed by atoms with E-state index in [0.717, 1.165) is 11.1 Å². The van der Waals surface area contributed by atoms with Crippen molar-refractivity contribution < 1.29 is 4.79 Å². The van der Waals surface area contributed by atoms with Gasteiger partial charge in [-0.1, -0.05) is 17.7 Å². The largest absolute Gasteiger partial charge is 0.365 e. The molecule has 0 aliphatic carbocycles. The second-order valence-corrected chi connectivity index (χ2v) is 5.43. The van der Waals surface area contributed by atoms with Crippen molar-refractivity contribution in [3.63, 3.8) is 0 Å². The van der Waals surface area contributed by atoms with E-state index in [-0.39, 0.29) is 28.3 Å². The Morgan fingerprint density at radius 1 is 1.26 bits per heavy atom. The molecule has 0 bridgehead atoms. The molecule has 9 heteroatoms. The summed E-state index contributed by atoms with van der Waals surface area (Å²) in [6, 6.07) is 6.64. The van der Waals surface area contributed by atoms with Crippen molar-refractivity contribution in [3.05, 3.63) is 51.0 Å². The SMILES string of the molecule is CC(Nc1nnc(Cl)cc1C(N)=O)c1ccc2[nH]c(=O)[nH]c2c1. The highest BCUT2D eigenvalue weighted by atomic mass is 35.5. The first-order chi connectivity index (χ1) is 10.9. The molecule has 5 N–H and O–H groups in total. The summed E-state index contributed by atoms with van der Waals surface area (Å²) in [5.74, 6) is -0.404. The van der Waals surface area contributed by atoms with Crippen LogP contribution in [0.3, 0.4) is 0 Å². The van der Waals surface area contributed by atoms with Gasteiger partial charge in [0.1, 0.15) is 0 Å². The molecular formula is C14H13ClN6O2. The average molecular weight is 333 g/mol. The monoisotopic (exact) mass is 332 g/mol. The molecule has 3 rings (SSSR count). The number of nitrogens with two attached hydrogens (primary N) is 1. The first kappa shape index (κ1) is 15.0. The number of imidazole rings is 1. The van der Waals surface area contributed by atoms with Crippen LogP contribution in [0.4, 0.5) is 5.82 Å².